The molecule has 2 aromatic rings. The Morgan fingerprint density at radius 3 is 1.55 bits per heavy atom. The van der Waals surface area contributed by atoms with Crippen LogP contribution in [0.1, 0.15) is 38.8 Å². The summed E-state index contributed by atoms with van der Waals surface area (Å²) in [5, 5.41) is 0. The zero-order chi connectivity index (χ0) is 24.5. The summed E-state index contributed by atoms with van der Waals surface area (Å²) in [5.74, 6) is -1.65. The Morgan fingerprint density at radius 2 is 1.15 bits per heavy atom. The van der Waals surface area contributed by atoms with Crippen molar-refractivity contribution in [2.24, 2.45) is 0 Å². The van der Waals surface area contributed by atoms with Crippen molar-refractivity contribution in [1.82, 2.24) is 0 Å². The maximum absolute atomic E-state index is 13.3. The van der Waals surface area contributed by atoms with E-state index in [0.29, 0.717) is 12.2 Å². The van der Waals surface area contributed by atoms with Gasteiger partial charge in [0, 0.05) is 24.8 Å². The van der Waals surface area contributed by atoms with Crippen LogP contribution < -0.4 is 9.80 Å². The summed E-state index contributed by atoms with van der Waals surface area (Å²) < 4.78 is 10.8. The highest BCUT2D eigenvalue weighted by Gasteiger charge is 2.45. The van der Waals surface area contributed by atoms with Gasteiger partial charge in [0.05, 0.1) is 13.2 Å². The number of carbonyl (C=O) groups is 3. The maximum Gasteiger partial charge on any atom is 0.332 e. The van der Waals surface area contributed by atoms with Gasteiger partial charge in [-0.2, -0.15) is 0 Å². The minimum atomic E-state index is -1.24. The smallest absolute Gasteiger partial charge is 0.332 e. The van der Waals surface area contributed by atoms with Gasteiger partial charge in [0.1, 0.15) is 0 Å². The fourth-order valence-electron chi connectivity index (χ4n) is 3.78. The second-order valence-electron chi connectivity index (χ2n) is 7.74. The van der Waals surface area contributed by atoms with Gasteiger partial charge in [-0.3, -0.25) is 9.69 Å². The summed E-state index contributed by atoms with van der Waals surface area (Å²) >= 11 is 0. The van der Waals surface area contributed by atoms with Crippen molar-refractivity contribution in [1.29, 1.82) is 0 Å². The molecule has 7 nitrogen and oxygen atoms in total. The van der Waals surface area contributed by atoms with Gasteiger partial charge in [0.2, 0.25) is 5.91 Å². The van der Waals surface area contributed by atoms with Crippen molar-refractivity contribution < 1.29 is 23.9 Å². The number of benzene rings is 2. The summed E-state index contributed by atoms with van der Waals surface area (Å²) in [6, 6.07) is 12.5. The molecule has 0 saturated carbocycles. The van der Waals surface area contributed by atoms with E-state index in [2.05, 4.69) is 0 Å². The van der Waals surface area contributed by atoms with Crippen LogP contribution in [0.5, 0.6) is 0 Å². The Balaban J connectivity index is 2.72. The highest BCUT2D eigenvalue weighted by atomic mass is 16.5. The number of hydrogen-bond acceptors (Lipinski definition) is 6. The van der Waals surface area contributed by atoms with E-state index in [1.165, 1.54) is 11.8 Å². The van der Waals surface area contributed by atoms with Crippen molar-refractivity contribution in [3.63, 3.8) is 0 Å². The number of nitrogens with zero attached hydrogens (tertiary/aromatic N) is 2. The molecule has 2 aromatic carbocycles. The molecule has 0 aliphatic heterocycles. The Bertz CT molecular complexity index is 940. The van der Waals surface area contributed by atoms with Gasteiger partial charge in [-0.05, 0) is 58.9 Å². The normalized spacial score (nSPS) is 12.4. The third-order valence-electron chi connectivity index (χ3n) is 5.33. The van der Waals surface area contributed by atoms with Crippen LogP contribution in [0.25, 0.3) is 0 Å². The summed E-state index contributed by atoms with van der Waals surface area (Å²) in [6.07, 6.45) is 0. The quantitative estimate of drug-likeness (QED) is 0.504. The van der Waals surface area contributed by atoms with Crippen molar-refractivity contribution in [2.45, 2.75) is 53.6 Å². The van der Waals surface area contributed by atoms with E-state index in [1.807, 2.05) is 57.2 Å². The van der Waals surface area contributed by atoms with Crippen LogP contribution in [-0.2, 0) is 23.9 Å². The lowest BCUT2D eigenvalue weighted by atomic mass is 10.0. The lowest BCUT2D eigenvalue weighted by Gasteiger charge is -2.40. The number of carbonyl (C=O) groups excluding carboxylic acids is 3. The van der Waals surface area contributed by atoms with Gasteiger partial charge >= 0.3 is 11.9 Å². The molecule has 0 fully saturated rings. The van der Waals surface area contributed by atoms with Crippen molar-refractivity contribution >= 4 is 29.2 Å². The molecule has 0 heterocycles. The van der Waals surface area contributed by atoms with E-state index in [0.717, 1.165) is 16.8 Å². The lowest BCUT2D eigenvalue weighted by molar-refractivity contribution is -0.153. The van der Waals surface area contributed by atoms with E-state index in [-0.39, 0.29) is 19.1 Å². The zero-order valence-corrected chi connectivity index (χ0v) is 20.3. The number of aryl methyl sites for hydroxylation is 2. The molecule has 7 heteroatoms. The van der Waals surface area contributed by atoms with Crippen LogP contribution in [0.15, 0.2) is 48.5 Å². The summed E-state index contributed by atoms with van der Waals surface area (Å²) in [5.41, 5.74) is 3.31. The van der Waals surface area contributed by atoms with Crippen molar-refractivity contribution in [3.8, 4) is 0 Å². The first-order valence-electron chi connectivity index (χ1n) is 11.3. The Hall–Kier alpha value is -3.35. The minimum Gasteiger partial charge on any atom is -0.464 e. The average Bonchev–Trinajstić information content (AvgIpc) is 2.78. The Morgan fingerprint density at radius 1 is 0.727 bits per heavy atom. The molecule has 2 rings (SSSR count). The van der Waals surface area contributed by atoms with Crippen LogP contribution >= 0.6 is 0 Å². The molecule has 0 bridgehead atoms. The van der Waals surface area contributed by atoms with E-state index < -0.39 is 24.0 Å². The molecule has 0 spiro atoms. The fraction of sp³-hybridized carbons (Fsp3) is 0.423. The Labute approximate surface area is 196 Å². The number of ether oxygens (including phenoxy) is 2. The number of amides is 1. The molecule has 0 N–H and O–H groups in total. The maximum atomic E-state index is 13.3. The molecule has 1 amide bonds. The molecular weight excluding hydrogens is 420 g/mol. The van der Waals surface area contributed by atoms with Crippen LogP contribution in [0.3, 0.4) is 0 Å². The van der Waals surface area contributed by atoms with Gasteiger partial charge in [0.15, 0.2) is 12.1 Å². The molecule has 0 aliphatic rings. The van der Waals surface area contributed by atoms with Gasteiger partial charge in [0.25, 0.3) is 0 Å². The topological polar surface area (TPSA) is 76.2 Å². The van der Waals surface area contributed by atoms with Crippen LogP contribution in [-0.4, -0.2) is 49.7 Å². The van der Waals surface area contributed by atoms with Crippen LogP contribution in [0.4, 0.5) is 11.4 Å². The number of likely N-dealkylation sites (N-methyl/N-ethyl adjacent to an activating group) is 1. The Kier molecular flexibility index (Phi) is 9.45. The summed E-state index contributed by atoms with van der Waals surface area (Å²) in [7, 11) is 0. The van der Waals surface area contributed by atoms with Crippen molar-refractivity contribution in [2.75, 3.05) is 29.6 Å². The molecule has 0 unspecified atom stereocenters. The van der Waals surface area contributed by atoms with Crippen LogP contribution in [0, 0.1) is 13.8 Å². The number of hydrogen-bond donors (Lipinski definition) is 0. The molecule has 33 heavy (non-hydrogen) atoms. The molecule has 0 aromatic heterocycles. The second-order valence-corrected chi connectivity index (χ2v) is 7.74. The average molecular weight is 455 g/mol. The first-order valence-corrected chi connectivity index (χ1v) is 11.3. The molecular formula is C26H34N2O5. The number of esters is 2. The van der Waals surface area contributed by atoms with E-state index >= 15 is 0 Å². The first kappa shape index (κ1) is 25.9. The second kappa shape index (κ2) is 12.0. The zero-order valence-electron chi connectivity index (χ0n) is 20.3. The highest BCUT2D eigenvalue weighted by Crippen LogP contribution is 2.27. The predicted octanol–water partition coefficient (Wildman–Crippen LogP) is 4.05. The van der Waals surface area contributed by atoms with Gasteiger partial charge in [-0.1, -0.05) is 35.4 Å². The summed E-state index contributed by atoms with van der Waals surface area (Å²) in [6.45, 7) is 11.2. The summed E-state index contributed by atoms with van der Waals surface area (Å²) in [4.78, 5) is 42.7. The number of rotatable bonds is 10. The first-order chi connectivity index (χ1) is 15.7. The SMILES string of the molecule is CCOC(=O)[C@H]([C@H](C(=O)OCC)N(CC)c1ccc(C)cc1)N(C(C)=O)c1ccc(C)cc1. The molecule has 2 atom stereocenters. The molecule has 0 radical (unpaired) electrons. The van der Waals surface area contributed by atoms with E-state index in [9.17, 15) is 14.4 Å². The lowest BCUT2D eigenvalue weighted by Crippen LogP contribution is -2.61. The predicted molar refractivity (Wildman–Crippen MR) is 129 cm³/mol. The van der Waals surface area contributed by atoms with E-state index in [4.69, 9.17) is 9.47 Å². The highest BCUT2D eigenvalue weighted by molar-refractivity contribution is 6.02. The number of anilines is 2. The van der Waals surface area contributed by atoms with Gasteiger partial charge in [-0.25, -0.2) is 9.59 Å². The standard InChI is InChI=1S/C26H34N2O5/c1-7-27(21-14-10-18(4)11-15-21)23(25(30)32-8-2)24(26(31)33-9-3)28(20(6)29)22-16-12-19(5)13-17-22/h10-17,23-24H,7-9H2,1-6H3/t23-,24+/m1/s1. The third kappa shape index (κ3) is 6.34. The third-order valence-corrected chi connectivity index (χ3v) is 5.33. The fourth-order valence-corrected chi connectivity index (χ4v) is 3.78. The molecule has 178 valence electrons. The monoisotopic (exact) mass is 454 g/mol. The molecule has 0 saturated heterocycles. The largest absolute Gasteiger partial charge is 0.464 e. The van der Waals surface area contributed by atoms with Crippen molar-refractivity contribution in [3.05, 3.63) is 59.7 Å². The van der Waals surface area contributed by atoms with Gasteiger partial charge < -0.3 is 14.4 Å². The van der Waals surface area contributed by atoms with E-state index in [1.54, 1.807) is 30.9 Å². The minimum absolute atomic E-state index is 0.112. The molecule has 0 aliphatic carbocycles. The van der Waals surface area contributed by atoms with Gasteiger partial charge in [-0.15, -0.1) is 0 Å². The van der Waals surface area contributed by atoms with Crippen LogP contribution in [0.2, 0.25) is 0 Å².